The monoisotopic (exact) mass is 283 g/mol. The first-order valence-electron chi connectivity index (χ1n) is 7.18. The highest BCUT2D eigenvalue weighted by atomic mass is 16.1. The van der Waals surface area contributed by atoms with Crippen molar-refractivity contribution in [2.24, 2.45) is 0 Å². The molecule has 0 bridgehead atoms. The van der Waals surface area contributed by atoms with Gasteiger partial charge in [0.2, 0.25) is 0 Å². The minimum Gasteiger partial charge on any atom is -0.370 e. The van der Waals surface area contributed by atoms with Crippen molar-refractivity contribution in [2.45, 2.75) is 27.2 Å². The summed E-state index contributed by atoms with van der Waals surface area (Å²) in [5.41, 5.74) is 3.68. The lowest BCUT2D eigenvalue weighted by Gasteiger charge is -2.09. The van der Waals surface area contributed by atoms with Crippen molar-refractivity contribution >= 4 is 17.4 Å². The second-order valence-corrected chi connectivity index (χ2v) is 5.19. The average molecular weight is 283 g/mol. The predicted molar refractivity (Wildman–Crippen MR) is 86.9 cm³/mol. The normalized spacial score (nSPS) is 10.2. The molecule has 2 N–H and O–H groups in total. The van der Waals surface area contributed by atoms with E-state index in [2.05, 4.69) is 28.6 Å². The molecule has 0 spiro atoms. The molecule has 1 aromatic heterocycles. The number of aryl methyl sites for hydroxylation is 2. The number of rotatable bonds is 5. The number of carbonyl (C=O) groups excluding carboxylic acids is 1. The first kappa shape index (κ1) is 15.0. The molecule has 1 aromatic carbocycles. The number of nitrogens with one attached hydrogen (secondary N) is 2. The van der Waals surface area contributed by atoms with Crippen LogP contribution in [0.25, 0.3) is 0 Å². The number of pyridine rings is 1. The van der Waals surface area contributed by atoms with Gasteiger partial charge in [0.05, 0.1) is 0 Å². The standard InChI is InChI=1S/C17H21N3O/c1-4-6-18-16-11-14(5-7-19-16)17(21)20-15-9-12(2)8-13(3)10-15/h5,7-11H,4,6H2,1-3H3,(H,18,19)(H,20,21). The fourth-order valence-electron chi connectivity index (χ4n) is 2.17. The van der Waals surface area contributed by atoms with Crippen molar-refractivity contribution in [2.75, 3.05) is 17.2 Å². The van der Waals surface area contributed by atoms with Crippen LogP contribution in [0, 0.1) is 13.8 Å². The number of aromatic nitrogens is 1. The average Bonchev–Trinajstić information content (AvgIpc) is 2.44. The minimum absolute atomic E-state index is 0.123. The fourth-order valence-corrected chi connectivity index (χ4v) is 2.17. The Balaban J connectivity index is 2.12. The van der Waals surface area contributed by atoms with Crippen LogP contribution >= 0.6 is 0 Å². The summed E-state index contributed by atoms with van der Waals surface area (Å²) in [6, 6.07) is 9.49. The summed E-state index contributed by atoms with van der Waals surface area (Å²) < 4.78 is 0. The summed E-state index contributed by atoms with van der Waals surface area (Å²) in [5, 5.41) is 6.11. The molecule has 0 aliphatic heterocycles. The van der Waals surface area contributed by atoms with Crippen molar-refractivity contribution in [1.29, 1.82) is 0 Å². The molecule has 0 atom stereocenters. The maximum Gasteiger partial charge on any atom is 0.255 e. The molecule has 110 valence electrons. The van der Waals surface area contributed by atoms with Crippen molar-refractivity contribution in [1.82, 2.24) is 4.98 Å². The number of amides is 1. The first-order valence-corrected chi connectivity index (χ1v) is 7.18. The van der Waals surface area contributed by atoms with E-state index in [1.807, 2.05) is 26.0 Å². The predicted octanol–water partition coefficient (Wildman–Crippen LogP) is 3.77. The largest absolute Gasteiger partial charge is 0.370 e. The highest BCUT2D eigenvalue weighted by Gasteiger charge is 2.08. The van der Waals surface area contributed by atoms with Gasteiger partial charge in [-0.05, 0) is 55.7 Å². The van der Waals surface area contributed by atoms with Gasteiger partial charge in [-0.25, -0.2) is 4.98 Å². The van der Waals surface area contributed by atoms with Crippen molar-refractivity contribution in [3.63, 3.8) is 0 Å². The van der Waals surface area contributed by atoms with Gasteiger partial charge in [-0.2, -0.15) is 0 Å². The highest BCUT2D eigenvalue weighted by Crippen LogP contribution is 2.15. The van der Waals surface area contributed by atoms with Crippen LogP contribution in [-0.2, 0) is 0 Å². The van der Waals surface area contributed by atoms with Crippen LogP contribution in [0.2, 0.25) is 0 Å². The van der Waals surface area contributed by atoms with E-state index in [0.29, 0.717) is 5.56 Å². The van der Waals surface area contributed by atoms with Gasteiger partial charge < -0.3 is 10.6 Å². The Morgan fingerprint density at radius 2 is 1.86 bits per heavy atom. The van der Waals surface area contributed by atoms with Gasteiger partial charge in [0.25, 0.3) is 5.91 Å². The van der Waals surface area contributed by atoms with Crippen LogP contribution in [0.4, 0.5) is 11.5 Å². The molecule has 0 fully saturated rings. The number of carbonyl (C=O) groups is 1. The third kappa shape index (κ3) is 4.31. The number of hydrogen-bond donors (Lipinski definition) is 2. The van der Waals surface area contributed by atoms with E-state index in [0.717, 1.165) is 35.6 Å². The lowest BCUT2D eigenvalue weighted by Crippen LogP contribution is -2.13. The summed E-state index contributed by atoms with van der Waals surface area (Å²) in [5.74, 6) is 0.604. The van der Waals surface area contributed by atoms with Gasteiger partial charge >= 0.3 is 0 Å². The number of hydrogen-bond acceptors (Lipinski definition) is 3. The Morgan fingerprint density at radius 1 is 1.14 bits per heavy atom. The van der Waals surface area contributed by atoms with Gasteiger partial charge in [0.15, 0.2) is 0 Å². The quantitative estimate of drug-likeness (QED) is 0.878. The van der Waals surface area contributed by atoms with E-state index in [-0.39, 0.29) is 5.91 Å². The lowest BCUT2D eigenvalue weighted by atomic mass is 10.1. The first-order chi connectivity index (χ1) is 10.1. The molecule has 4 nitrogen and oxygen atoms in total. The number of nitrogens with zero attached hydrogens (tertiary/aromatic N) is 1. The van der Waals surface area contributed by atoms with Gasteiger partial charge in [-0.15, -0.1) is 0 Å². The second kappa shape index (κ2) is 6.88. The molecule has 1 amide bonds. The maximum absolute atomic E-state index is 12.3. The molecule has 0 saturated carbocycles. The van der Waals surface area contributed by atoms with Gasteiger partial charge in [-0.3, -0.25) is 4.79 Å². The zero-order chi connectivity index (χ0) is 15.2. The molecular formula is C17H21N3O. The van der Waals surface area contributed by atoms with Crippen molar-refractivity contribution in [3.8, 4) is 0 Å². The van der Waals surface area contributed by atoms with Crippen LogP contribution in [0.1, 0.15) is 34.8 Å². The van der Waals surface area contributed by atoms with E-state index in [1.165, 1.54) is 0 Å². The van der Waals surface area contributed by atoms with Crippen LogP contribution in [0.3, 0.4) is 0 Å². The maximum atomic E-state index is 12.3. The third-order valence-electron chi connectivity index (χ3n) is 3.06. The van der Waals surface area contributed by atoms with E-state index >= 15 is 0 Å². The SMILES string of the molecule is CCCNc1cc(C(=O)Nc2cc(C)cc(C)c2)ccn1. The number of anilines is 2. The highest BCUT2D eigenvalue weighted by molar-refractivity contribution is 6.04. The molecule has 0 aliphatic carbocycles. The molecule has 2 aromatic rings. The molecule has 2 rings (SSSR count). The fraction of sp³-hybridized carbons (Fsp3) is 0.294. The molecule has 21 heavy (non-hydrogen) atoms. The lowest BCUT2D eigenvalue weighted by molar-refractivity contribution is 0.102. The van der Waals surface area contributed by atoms with Crippen LogP contribution in [0.15, 0.2) is 36.5 Å². The zero-order valence-electron chi connectivity index (χ0n) is 12.7. The zero-order valence-corrected chi connectivity index (χ0v) is 12.7. The number of benzene rings is 1. The minimum atomic E-state index is -0.123. The van der Waals surface area contributed by atoms with Crippen molar-refractivity contribution in [3.05, 3.63) is 53.2 Å². The summed E-state index contributed by atoms with van der Waals surface area (Å²) in [6.45, 7) is 6.96. The Labute approximate surface area is 125 Å². The van der Waals surface area contributed by atoms with Gasteiger partial charge in [-0.1, -0.05) is 13.0 Å². The summed E-state index contributed by atoms with van der Waals surface area (Å²) in [7, 11) is 0. The molecule has 0 unspecified atom stereocenters. The van der Waals surface area contributed by atoms with Crippen LogP contribution < -0.4 is 10.6 Å². The van der Waals surface area contributed by atoms with E-state index in [9.17, 15) is 4.79 Å². The van der Waals surface area contributed by atoms with Crippen molar-refractivity contribution < 1.29 is 4.79 Å². The molecule has 1 heterocycles. The molecule has 0 radical (unpaired) electrons. The molecule has 0 saturated heterocycles. The smallest absolute Gasteiger partial charge is 0.255 e. The third-order valence-corrected chi connectivity index (χ3v) is 3.06. The Hall–Kier alpha value is -2.36. The van der Waals surface area contributed by atoms with Gasteiger partial charge in [0, 0.05) is 24.0 Å². The molecule has 0 aliphatic rings. The molecular weight excluding hydrogens is 262 g/mol. The Morgan fingerprint density at radius 3 is 2.52 bits per heavy atom. The molecule has 4 heteroatoms. The van der Waals surface area contributed by atoms with E-state index in [1.54, 1.807) is 18.3 Å². The van der Waals surface area contributed by atoms with Crippen LogP contribution in [0.5, 0.6) is 0 Å². The summed E-state index contributed by atoms with van der Waals surface area (Å²) >= 11 is 0. The van der Waals surface area contributed by atoms with E-state index in [4.69, 9.17) is 0 Å². The Bertz CT molecular complexity index is 617. The summed E-state index contributed by atoms with van der Waals surface area (Å²) in [6.07, 6.45) is 2.66. The topological polar surface area (TPSA) is 54.0 Å². The Kier molecular flexibility index (Phi) is 4.93. The van der Waals surface area contributed by atoms with Crippen LogP contribution in [-0.4, -0.2) is 17.4 Å². The van der Waals surface area contributed by atoms with Gasteiger partial charge in [0.1, 0.15) is 5.82 Å². The van der Waals surface area contributed by atoms with E-state index < -0.39 is 0 Å². The summed E-state index contributed by atoms with van der Waals surface area (Å²) in [4.78, 5) is 16.5. The second-order valence-electron chi connectivity index (χ2n) is 5.19.